The molecule has 0 spiro atoms. The molecule has 0 aliphatic rings. The van der Waals surface area contributed by atoms with E-state index < -0.39 is 55.7 Å². The Morgan fingerprint density at radius 2 is 1.49 bits per heavy atom. The van der Waals surface area contributed by atoms with Gasteiger partial charge in [0.25, 0.3) is 0 Å². The second kappa shape index (κ2) is 12.3. The van der Waals surface area contributed by atoms with Gasteiger partial charge in [-0.3, -0.25) is 5.32 Å². The van der Waals surface area contributed by atoms with Crippen LogP contribution in [0.5, 0.6) is 11.5 Å². The summed E-state index contributed by atoms with van der Waals surface area (Å²) in [4.78, 5) is 14.0. The fourth-order valence-electron chi connectivity index (χ4n) is 2.84. The van der Waals surface area contributed by atoms with Gasteiger partial charge in [-0.1, -0.05) is 25.6 Å². The third kappa shape index (κ3) is 10.0. The van der Waals surface area contributed by atoms with Crippen LogP contribution in [0.15, 0.2) is 36.5 Å². The molecule has 15 heteroatoms. The molecule has 1 aromatic heterocycles. The van der Waals surface area contributed by atoms with Crippen molar-refractivity contribution < 1.29 is 54.1 Å². The van der Waals surface area contributed by atoms with E-state index in [1.54, 1.807) is 0 Å². The normalized spacial score (nSPS) is 11.6. The number of benzene rings is 2. The van der Waals surface area contributed by atoms with Crippen LogP contribution < -0.4 is 14.8 Å². The van der Waals surface area contributed by atoms with Crippen molar-refractivity contribution in [2.75, 3.05) is 11.9 Å². The van der Waals surface area contributed by atoms with E-state index in [0.29, 0.717) is 0 Å². The fraction of sp³-hybridized carbons (Fsp3) is 0.292. The lowest BCUT2D eigenvalue weighted by atomic mass is 10.1. The molecule has 0 radical (unpaired) electrons. The summed E-state index contributed by atoms with van der Waals surface area (Å²) >= 11 is 0. The van der Waals surface area contributed by atoms with Crippen LogP contribution in [-0.2, 0) is 4.74 Å². The number of H-pyrrole nitrogens is 1. The van der Waals surface area contributed by atoms with E-state index in [1.165, 1.54) is 19.2 Å². The van der Waals surface area contributed by atoms with Crippen LogP contribution in [0.25, 0.3) is 10.9 Å². The predicted octanol–water partition coefficient (Wildman–Crippen LogP) is 7.73. The van der Waals surface area contributed by atoms with Gasteiger partial charge in [-0.2, -0.15) is 0 Å². The molecule has 0 saturated carbocycles. The second-order valence-corrected chi connectivity index (χ2v) is 13.3. The van der Waals surface area contributed by atoms with Gasteiger partial charge in [-0.25, -0.2) is 13.6 Å². The molecular weight excluding hydrogens is 560 g/mol. The molecule has 6 nitrogen and oxygen atoms in total. The lowest BCUT2D eigenvalue weighted by Gasteiger charge is -2.15. The molecule has 0 unspecified atom stereocenters. The van der Waals surface area contributed by atoms with Crippen LogP contribution in [0.3, 0.4) is 0 Å². The molecule has 39 heavy (non-hydrogen) atoms. The number of carbonyl (C=O) groups is 1. The van der Waals surface area contributed by atoms with E-state index in [4.69, 9.17) is 0 Å². The molecule has 0 atom stereocenters. The number of halogens is 8. The van der Waals surface area contributed by atoms with Crippen molar-refractivity contribution in [1.29, 1.82) is 0 Å². The molecule has 0 aliphatic heterocycles. The molecular formula is C24H22F8N2O4Si. The Hall–Kier alpha value is -3.93. The van der Waals surface area contributed by atoms with Crippen molar-refractivity contribution >= 4 is 30.8 Å². The minimum atomic E-state index is -4.98. The van der Waals surface area contributed by atoms with Gasteiger partial charge in [-0.15, -0.1) is 31.9 Å². The summed E-state index contributed by atoms with van der Waals surface area (Å²) in [6.07, 6.45) is -9.41. The van der Waals surface area contributed by atoms with Crippen LogP contribution in [0.4, 0.5) is 45.6 Å². The zero-order chi connectivity index (χ0) is 29.6. The van der Waals surface area contributed by atoms with Gasteiger partial charge in [0, 0.05) is 11.6 Å². The predicted molar refractivity (Wildman–Crippen MR) is 129 cm³/mol. The third-order valence-electron chi connectivity index (χ3n) is 4.26. The molecule has 0 saturated heterocycles. The SMILES string of the molecule is CCOC(=O)Nc1c(F)ccc(OC(F)(F)F)c1C#C[Si](C)(C)C.Fc1ccc(OC(F)(F)F)c2cc[nH]c12. The highest BCUT2D eigenvalue weighted by atomic mass is 28.3. The number of carbonyl (C=O) groups excluding carboxylic acids is 1. The highest BCUT2D eigenvalue weighted by Gasteiger charge is 2.33. The van der Waals surface area contributed by atoms with Crippen molar-refractivity contribution in [2.24, 2.45) is 0 Å². The first-order chi connectivity index (χ1) is 17.9. The van der Waals surface area contributed by atoms with Gasteiger partial charge in [0.05, 0.1) is 23.4 Å². The number of nitrogens with one attached hydrogen (secondary N) is 2. The van der Waals surface area contributed by atoms with Crippen LogP contribution in [0.1, 0.15) is 12.5 Å². The van der Waals surface area contributed by atoms with Crippen molar-refractivity contribution in [1.82, 2.24) is 4.98 Å². The Kier molecular flexibility index (Phi) is 9.85. The number of hydrogen-bond donors (Lipinski definition) is 2. The summed E-state index contributed by atoms with van der Waals surface area (Å²) in [7, 11) is -1.98. The van der Waals surface area contributed by atoms with Crippen molar-refractivity contribution in [3.63, 3.8) is 0 Å². The molecule has 0 fully saturated rings. The van der Waals surface area contributed by atoms with E-state index in [1.807, 2.05) is 19.6 Å². The van der Waals surface area contributed by atoms with Crippen molar-refractivity contribution in [3.8, 4) is 23.0 Å². The van der Waals surface area contributed by atoms with E-state index in [0.717, 1.165) is 24.3 Å². The smallest absolute Gasteiger partial charge is 0.450 e. The Labute approximate surface area is 218 Å². The van der Waals surface area contributed by atoms with Gasteiger partial charge >= 0.3 is 18.8 Å². The average molecular weight is 583 g/mol. The molecule has 3 rings (SSSR count). The van der Waals surface area contributed by atoms with Crippen LogP contribution >= 0.6 is 0 Å². The number of hydrogen-bond acceptors (Lipinski definition) is 4. The fourth-order valence-corrected chi connectivity index (χ4v) is 3.34. The minimum absolute atomic E-state index is 0.00301. The molecule has 1 amide bonds. The quantitative estimate of drug-likeness (QED) is 0.188. The van der Waals surface area contributed by atoms with E-state index in [9.17, 15) is 39.9 Å². The van der Waals surface area contributed by atoms with E-state index >= 15 is 0 Å². The molecule has 212 valence electrons. The number of aromatic amines is 1. The molecule has 0 bridgehead atoms. The molecule has 1 heterocycles. The number of fused-ring (bicyclic) bond motifs is 1. The van der Waals surface area contributed by atoms with Gasteiger partial charge in [0.15, 0.2) is 0 Å². The largest absolute Gasteiger partial charge is 0.573 e. The number of alkyl halides is 6. The van der Waals surface area contributed by atoms with Gasteiger partial charge < -0.3 is 19.2 Å². The minimum Gasteiger partial charge on any atom is -0.450 e. The Balaban J connectivity index is 0.000000302. The maximum Gasteiger partial charge on any atom is 0.573 e. The first-order valence-corrected chi connectivity index (χ1v) is 14.5. The van der Waals surface area contributed by atoms with Crippen LogP contribution in [0, 0.1) is 23.1 Å². The monoisotopic (exact) mass is 582 g/mol. The number of aromatic nitrogens is 1. The van der Waals surface area contributed by atoms with Crippen LogP contribution in [0.2, 0.25) is 19.6 Å². The number of amides is 1. The Morgan fingerprint density at radius 1 is 0.923 bits per heavy atom. The lowest BCUT2D eigenvalue weighted by molar-refractivity contribution is -0.275. The number of anilines is 1. The summed E-state index contributed by atoms with van der Waals surface area (Å²) in [6.45, 7) is 7.14. The second-order valence-electron chi connectivity index (χ2n) is 8.55. The van der Waals surface area contributed by atoms with Gasteiger partial charge in [0.1, 0.15) is 31.2 Å². The van der Waals surface area contributed by atoms with E-state index in [-0.39, 0.29) is 23.1 Å². The Morgan fingerprint density at radius 3 is 2.05 bits per heavy atom. The van der Waals surface area contributed by atoms with Crippen molar-refractivity contribution in [3.05, 3.63) is 53.7 Å². The van der Waals surface area contributed by atoms with Crippen LogP contribution in [-0.4, -0.2) is 38.5 Å². The standard InChI is InChI=1S/C15H17F4NO3Si.C9H5F4NO/c1-5-22-14(21)20-13-10(8-9-24(2,3)4)12(7-6-11(13)16)23-15(17,18)19;10-6-1-2-7(15-9(11,12)13)5-3-4-14-8(5)6/h6-7H,5H2,1-4H3,(H,20,21);1-4,14H. The zero-order valence-electron chi connectivity index (χ0n) is 20.8. The topological polar surface area (TPSA) is 72.6 Å². The molecule has 2 aromatic carbocycles. The Bertz CT molecular complexity index is 1370. The molecule has 0 aliphatic carbocycles. The van der Waals surface area contributed by atoms with Crippen molar-refractivity contribution in [2.45, 2.75) is 39.3 Å². The number of rotatable bonds is 4. The lowest BCUT2D eigenvalue weighted by Crippen LogP contribution is -2.20. The summed E-state index contributed by atoms with van der Waals surface area (Å²) in [6, 6.07) is 4.74. The highest BCUT2D eigenvalue weighted by Crippen LogP contribution is 2.33. The summed E-state index contributed by atoms with van der Waals surface area (Å²) in [5, 5.41) is 2.13. The van der Waals surface area contributed by atoms with Gasteiger partial charge in [-0.05, 0) is 37.3 Å². The number of ether oxygens (including phenoxy) is 3. The zero-order valence-corrected chi connectivity index (χ0v) is 21.8. The molecule has 2 N–H and O–H groups in total. The molecule has 3 aromatic rings. The average Bonchev–Trinajstić information content (AvgIpc) is 3.27. The highest BCUT2D eigenvalue weighted by molar-refractivity contribution is 6.83. The summed E-state index contributed by atoms with van der Waals surface area (Å²) < 4.78 is 113. The maximum absolute atomic E-state index is 14.0. The first-order valence-electron chi connectivity index (χ1n) is 11.0. The van der Waals surface area contributed by atoms with Gasteiger partial charge in [0.2, 0.25) is 0 Å². The summed E-state index contributed by atoms with van der Waals surface area (Å²) in [5.41, 5.74) is 1.92. The maximum atomic E-state index is 14.0. The first kappa shape index (κ1) is 31.3. The summed E-state index contributed by atoms with van der Waals surface area (Å²) in [5.74, 6) is -0.168. The third-order valence-corrected chi connectivity index (χ3v) is 5.14. The van der Waals surface area contributed by atoms with E-state index in [2.05, 4.69) is 36.0 Å².